The molecule has 1 amide bonds. The summed E-state index contributed by atoms with van der Waals surface area (Å²) >= 11 is 7.32. The van der Waals surface area contributed by atoms with Gasteiger partial charge in [0.05, 0.1) is 23.3 Å². The van der Waals surface area contributed by atoms with Crippen LogP contribution < -0.4 is 10.1 Å². The number of ether oxygens (including phenoxy) is 1. The van der Waals surface area contributed by atoms with Crippen LogP contribution in [0.5, 0.6) is 5.75 Å². The van der Waals surface area contributed by atoms with E-state index in [0.29, 0.717) is 26.9 Å². The van der Waals surface area contributed by atoms with Crippen molar-refractivity contribution in [3.8, 4) is 5.75 Å². The molecule has 0 aliphatic heterocycles. The number of anilines is 1. The molecule has 1 N–H and O–H groups in total. The van der Waals surface area contributed by atoms with Gasteiger partial charge < -0.3 is 10.1 Å². The molecule has 2 aromatic carbocycles. The minimum Gasteiger partial charge on any atom is -0.489 e. The lowest BCUT2D eigenvalue weighted by molar-refractivity contribution is 0.103. The first-order valence-electron chi connectivity index (χ1n) is 9.20. The van der Waals surface area contributed by atoms with Crippen LogP contribution in [0.3, 0.4) is 0 Å². The maximum Gasteiger partial charge on any atom is 0.265 e. The molecule has 0 spiro atoms. The number of hydrogen-bond donors (Lipinski definition) is 1. The van der Waals surface area contributed by atoms with Gasteiger partial charge in [0, 0.05) is 28.4 Å². The molecule has 5 nitrogen and oxygen atoms in total. The Morgan fingerprint density at radius 1 is 1.19 bits per heavy atom. The van der Waals surface area contributed by atoms with Gasteiger partial charge in [0.2, 0.25) is 0 Å². The zero-order chi connectivity index (χ0) is 21.8. The second-order valence-electron chi connectivity index (χ2n) is 6.65. The number of nitrogens with zero attached hydrogens (tertiary/aromatic N) is 2. The van der Waals surface area contributed by atoms with E-state index in [2.05, 4.69) is 10.4 Å². The predicted octanol–water partition coefficient (Wildman–Crippen LogP) is 5.76. The van der Waals surface area contributed by atoms with Crippen LogP contribution in [0.4, 0.5) is 14.5 Å². The molecule has 2 aromatic heterocycles. The molecular weight excluding hydrogens is 444 g/mol. The molecule has 158 valence electrons. The number of benzene rings is 2. The number of aromatic nitrogens is 2. The summed E-state index contributed by atoms with van der Waals surface area (Å²) in [6.07, 6.45) is 3.08. The van der Waals surface area contributed by atoms with Crippen molar-refractivity contribution in [2.24, 2.45) is 0 Å². The molecule has 0 saturated carbocycles. The number of nitrogens with one attached hydrogen (secondary N) is 1. The average molecular weight is 460 g/mol. The van der Waals surface area contributed by atoms with Gasteiger partial charge in [-0.3, -0.25) is 9.48 Å². The van der Waals surface area contributed by atoms with Crippen LogP contribution in [0.2, 0.25) is 5.02 Å². The zero-order valence-electron chi connectivity index (χ0n) is 16.0. The zero-order valence-corrected chi connectivity index (χ0v) is 17.6. The molecular formula is C22H16ClF2N3O2S. The highest BCUT2D eigenvalue weighted by Gasteiger charge is 2.13. The monoisotopic (exact) mass is 459 g/mol. The largest absolute Gasteiger partial charge is 0.489 e. The van der Waals surface area contributed by atoms with Crippen molar-refractivity contribution in [3.05, 3.63) is 99.0 Å². The predicted molar refractivity (Wildman–Crippen MR) is 116 cm³/mol. The Bertz CT molecular complexity index is 1200. The summed E-state index contributed by atoms with van der Waals surface area (Å²) in [6, 6.07) is 12.1. The molecule has 0 aliphatic rings. The van der Waals surface area contributed by atoms with Crippen molar-refractivity contribution >= 4 is 34.5 Å². The Kier molecular flexibility index (Phi) is 6.29. The van der Waals surface area contributed by atoms with Gasteiger partial charge in [-0.2, -0.15) is 5.10 Å². The van der Waals surface area contributed by atoms with Crippen LogP contribution in [0, 0.1) is 11.6 Å². The highest BCUT2D eigenvalue weighted by molar-refractivity contribution is 7.12. The lowest BCUT2D eigenvalue weighted by Crippen LogP contribution is -2.09. The quantitative estimate of drug-likeness (QED) is 0.382. The maximum atomic E-state index is 13.9. The summed E-state index contributed by atoms with van der Waals surface area (Å²) < 4.78 is 34.2. The average Bonchev–Trinajstić information content (AvgIpc) is 3.39. The van der Waals surface area contributed by atoms with E-state index >= 15 is 0 Å². The fourth-order valence-corrected chi connectivity index (χ4v) is 3.86. The summed E-state index contributed by atoms with van der Waals surface area (Å²) in [7, 11) is 0. The fourth-order valence-electron chi connectivity index (χ4n) is 2.85. The van der Waals surface area contributed by atoms with Gasteiger partial charge in [0.1, 0.15) is 24.0 Å². The van der Waals surface area contributed by atoms with Crippen molar-refractivity contribution in [2.45, 2.75) is 13.2 Å². The first kappa shape index (κ1) is 21.0. The van der Waals surface area contributed by atoms with E-state index in [1.807, 2.05) is 0 Å². The van der Waals surface area contributed by atoms with Gasteiger partial charge in [-0.1, -0.05) is 23.7 Å². The summed E-state index contributed by atoms with van der Waals surface area (Å²) in [5.74, 6) is -0.675. The highest BCUT2D eigenvalue weighted by Crippen LogP contribution is 2.22. The number of thiophene rings is 1. The van der Waals surface area contributed by atoms with Gasteiger partial charge in [0.15, 0.2) is 0 Å². The van der Waals surface area contributed by atoms with Gasteiger partial charge in [-0.05, 0) is 35.7 Å². The Morgan fingerprint density at radius 2 is 2.03 bits per heavy atom. The van der Waals surface area contributed by atoms with E-state index in [0.717, 1.165) is 5.56 Å². The molecule has 0 unspecified atom stereocenters. The SMILES string of the molecule is O=C(Nc1cnn(Cc2c(F)cccc2Cl)c1)c1cc(COc2cccc(F)c2)cs1. The van der Waals surface area contributed by atoms with Crippen molar-refractivity contribution in [3.63, 3.8) is 0 Å². The third kappa shape index (κ3) is 5.28. The maximum absolute atomic E-state index is 13.9. The fraction of sp³-hybridized carbons (Fsp3) is 0.0909. The second kappa shape index (κ2) is 9.28. The molecule has 9 heteroatoms. The van der Waals surface area contributed by atoms with E-state index in [1.54, 1.807) is 35.8 Å². The topological polar surface area (TPSA) is 56.2 Å². The minimum atomic E-state index is -0.417. The number of halogens is 3. The number of carbonyl (C=O) groups is 1. The molecule has 0 saturated heterocycles. The Hall–Kier alpha value is -3.23. The molecule has 2 heterocycles. The van der Waals surface area contributed by atoms with Crippen molar-refractivity contribution in [2.75, 3.05) is 5.32 Å². The third-order valence-electron chi connectivity index (χ3n) is 4.35. The van der Waals surface area contributed by atoms with Crippen LogP contribution in [0.25, 0.3) is 0 Å². The van der Waals surface area contributed by atoms with Crippen molar-refractivity contribution < 1.29 is 18.3 Å². The van der Waals surface area contributed by atoms with E-state index in [-0.39, 0.29) is 24.9 Å². The molecule has 4 aromatic rings. The Labute approximate surface area is 185 Å². The summed E-state index contributed by atoms with van der Waals surface area (Å²) in [5.41, 5.74) is 1.60. The molecule has 0 bridgehead atoms. The van der Waals surface area contributed by atoms with E-state index in [1.165, 1.54) is 46.5 Å². The second-order valence-corrected chi connectivity index (χ2v) is 7.96. The number of rotatable bonds is 7. The molecule has 0 aliphatic carbocycles. The van der Waals surface area contributed by atoms with Crippen molar-refractivity contribution in [1.29, 1.82) is 0 Å². The summed E-state index contributed by atoms with van der Waals surface area (Å²) in [5, 5.41) is 9.02. The smallest absolute Gasteiger partial charge is 0.265 e. The highest BCUT2D eigenvalue weighted by atomic mass is 35.5. The van der Waals surface area contributed by atoms with E-state index < -0.39 is 5.82 Å². The van der Waals surface area contributed by atoms with Crippen molar-refractivity contribution in [1.82, 2.24) is 9.78 Å². The van der Waals surface area contributed by atoms with Gasteiger partial charge in [-0.25, -0.2) is 8.78 Å². The van der Waals surface area contributed by atoms with E-state index in [4.69, 9.17) is 16.3 Å². The molecule has 0 fully saturated rings. The first-order chi connectivity index (χ1) is 15.0. The van der Waals surface area contributed by atoms with Crippen LogP contribution in [0.1, 0.15) is 20.8 Å². The first-order valence-corrected chi connectivity index (χ1v) is 10.5. The molecule has 31 heavy (non-hydrogen) atoms. The van der Waals surface area contributed by atoms with E-state index in [9.17, 15) is 13.6 Å². The van der Waals surface area contributed by atoms with Gasteiger partial charge >= 0.3 is 0 Å². The van der Waals surface area contributed by atoms with Gasteiger partial charge in [-0.15, -0.1) is 11.3 Å². The molecule has 4 rings (SSSR count). The lowest BCUT2D eigenvalue weighted by atomic mass is 10.2. The minimum absolute atomic E-state index is 0.141. The summed E-state index contributed by atoms with van der Waals surface area (Å²) in [4.78, 5) is 13.0. The number of hydrogen-bond acceptors (Lipinski definition) is 4. The Balaban J connectivity index is 1.36. The third-order valence-corrected chi connectivity index (χ3v) is 5.68. The normalized spacial score (nSPS) is 10.8. The number of amides is 1. The lowest BCUT2D eigenvalue weighted by Gasteiger charge is -2.05. The van der Waals surface area contributed by atoms with Crippen LogP contribution in [0.15, 0.2) is 66.3 Å². The van der Waals surface area contributed by atoms with Crippen LogP contribution in [-0.4, -0.2) is 15.7 Å². The number of carbonyl (C=O) groups excluding carboxylic acids is 1. The van der Waals surface area contributed by atoms with Gasteiger partial charge in [0.25, 0.3) is 5.91 Å². The molecule has 0 radical (unpaired) electrons. The standard InChI is InChI=1S/C22H16ClF2N3O2S/c23-19-5-2-6-20(25)18(19)11-28-10-16(9-26-28)27-22(29)21-7-14(13-31-21)12-30-17-4-1-3-15(24)8-17/h1-10,13H,11-12H2,(H,27,29). The Morgan fingerprint density at radius 3 is 2.84 bits per heavy atom. The van der Waals surface area contributed by atoms with Crippen LogP contribution >= 0.6 is 22.9 Å². The summed E-state index contributed by atoms with van der Waals surface area (Å²) in [6.45, 7) is 0.358. The van der Waals surface area contributed by atoms with Crippen LogP contribution in [-0.2, 0) is 13.2 Å². The molecule has 0 atom stereocenters.